The molecule has 1 unspecified atom stereocenters. The van der Waals surface area contributed by atoms with E-state index in [4.69, 9.17) is 12.2 Å². The van der Waals surface area contributed by atoms with Crippen LogP contribution in [0.25, 0.3) is 11.0 Å². The summed E-state index contributed by atoms with van der Waals surface area (Å²) in [5.41, 5.74) is 1.40. The van der Waals surface area contributed by atoms with E-state index in [2.05, 4.69) is 23.7 Å². The number of para-hydroxylation sites is 1. The molecule has 1 saturated heterocycles. The maximum atomic E-state index is 13.8. The first-order chi connectivity index (χ1) is 9.56. The van der Waals surface area contributed by atoms with E-state index in [1.807, 2.05) is 10.6 Å². The van der Waals surface area contributed by atoms with Gasteiger partial charge in [0.2, 0.25) is 0 Å². The zero-order valence-corrected chi connectivity index (χ0v) is 12.7. The number of imidazole rings is 1. The van der Waals surface area contributed by atoms with Crippen molar-refractivity contribution in [3.8, 4) is 0 Å². The molecule has 0 amide bonds. The molecule has 1 atom stereocenters. The first kappa shape index (κ1) is 13.8. The third kappa shape index (κ3) is 2.40. The number of likely N-dealkylation sites (tertiary alicyclic amines) is 1. The van der Waals surface area contributed by atoms with Gasteiger partial charge in [-0.1, -0.05) is 6.07 Å². The fourth-order valence-corrected chi connectivity index (χ4v) is 3.34. The second kappa shape index (κ2) is 5.30. The number of nitrogens with zero attached hydrogens (tertiary/aromatic N) is 2. The van der Waals surface area contributed by atoms with Crippen molar-refractivity contribution in [1.29, 1.82) is 0 Å². The van der Waals surface area contributed by atoms with Crippen molar-refractivity contribution in [1.82, 2.24) is 14.5 Å². The van der Waals surface area contributed by atoms with Gasteiger partial charge in [-0.15, -0.1) is 0 Å². The van der Waals surface area contributed by atoms with Crippen molar-refractivity contribution in [3.63, 3.8) is 0 Å². The van der Waals surface area contributed by atoms with Crippen LogP contribution in [0.2, 0.25) is 0 Å². The molecule has 0 spiro atoms. The zero-order valence-electron chi connectivity index (χ0n) is 11.9. The number of aromatic amines is 1. The van der Waals surface area contributed by atoms with Crippen LogP contribution >= 0.6 is 12.2 Å². The Labute approximate surface area is 123 Å². The lowest BCUT2D eigenvalue weighted by molar-refractivity contribution is 0.261. The molecule has 0 radical (unpaired) electrons. The van der Waals surface area contributed by atoms with Crippen molar-refractivity contribution < 1.29 is 4.39 Å². The summed E-state index contributed by atoms with van der Waals surface area (Å²) in [7, 11) is 0. The highest BCUT2D eigenvalue weighted by Gasteiger charge is 2.25. The third-order valence-electron chi connectivity index (χ3n) is 4.25. The summed E-state index contributed by atoms with van der Waals surface area (Å²) in [5.74, 6) is 0.356. The largest absolute Gasteiger partial charge is 0.328 e. The van der Waals surface area contributed by atoms with E-state index in [-0.39, 0.29) is 5.82 Å². The molecule has 3 rings (SSSR count). The van der Waals surface area contributed by atoms with E-state index in [1.165, 1.54) is 12.5 Å². The molecule has 2 heterocycles. The van der Waals surface area contributed by atoms with Gasteiger partial charge in [-0.05, 0) is 57.1 Å². The molecule has 20 heavy (non-hydrogen) atoms. The maximum absolute atomic E-state index is 13.8. The van der Waals surface area contributed by atoms with Crippen LogP contribution in [-0.4, -0.2) is 33.6 Å². The normalized spacial score (nSPS) is 20.3. The van der Waals surface area contributed by atoms with Crippen LogP contribution in [0.1, 0.15) is 20.3 Å². The monoisotopic (exact) mass is 293 g/mol. The number of hydrogen-bond acceptors (Lipinski definition) is 2. The second-order valence-corrected chi connectivity index (χ2v) is 6.30. The Morgan fingerprint density at radius 1 is 1.45 bits per heavy atom. The predicted octanol–water partition coefficient (Wildman–Crippen LogP) is 3.57. The van der Waals surface area contributed by atoms with Gasteiger partial charge in [0.1, 0.15) is 11.3 Å². The molecule has 0 bridgehead atoms. The van der Waals surface area contributed by atoms with Crippen molar-refractivity contribution in [2.75, 3.05) is 13.1 Å². The Morgan fingerprint density at radius 2 is 2.25 bits per heavy atom. The highest BCUT2D eigenvalue weighted by atomic mass is 32.1. The van der Waals surface area contributed by atoms with Gasteiger partial charge in [0.25, 0.3) is 0 Å². The van der Waals surface area contributed by atoms with Gasteiger partial charge in [-0.3, -0.25) is 0 Å². The third-order valence-corrected chi connectivity index (χ3v) is 4.57. The van der Waals surface area contributed by atoms with Crippen LogP contribution in [0, 0.1) is 16.5 Å². The fraction of sp³-hybridized carbons (Fsp3) is 0.533. The van der Waals surface area contributed by atoms with Crippen LogP contribution in [0.4, 0.5) is 4.39 Å². The topological polar surface area (TPSA) is 24.0 Å². The minimum absolute atomic E-state index is 0.234. The lowest BCUT2D eigenvalue weighted by Gasteiger charge is -2.20. The standard InChI is InChI=1S/C15H20FN3S/c1-10(2)18-7-6-11(8-18)9-19-13-5-3-4-12(16)14(13)17-15(19)20/h3-5,10-11H,6-9H2,1-2H3,(H,17,20). The van der Waals surface area contributed by atoms with Gasteiger partial charge in [0.15, 0.2) is 4.77 Å². The van der Waals surface area contributed by atoms with Crippen molar-refractivity contribution in [2.24, 2.45) is 5.92 Å². The Kier molecular flexibility index (Phi) is 3.65. The smallest absolute Gasteiger partial charge is 0.178 e. The molecule has 5 heteroatoms. The van der Waals surface area contributed by atoms with Gasteiger partial charge >= 0.3 is 0 Å². The Hall–Kier alpha value is -1.20. The molecule has 1 aliphatic rings. The highest BCUT2D eigenvalue weighted by molar-refractivity contribution is 7.71. The Morgan fingerprint density at radius 3 is 2.95 bits per heavy atom. The molecule has 0 aliphatic carbocycles. The average Bonchev–Trinajstić information content (AvgIpc) is 2.98. The van der Waals surface area contributed by atoms with E-state index in [0.717, 1.165) is 25.2 Å². The van der Waals surface area contributed by atoms with Gasteiger partial charge in [0, 0.05) is 19.1 Å². The average molecular weight is 293 g/mol. The van der Waals surface area contributed by atoms with Crippen molar-refractivity contribution in [3.05, 3.63) is 28.8 Å². The SMILES string of the molecule is CC(C)N1CCC(Cn2c(=S)[nH]c3c(F)cccc32)C1. The minimum atomic E-state index is -0.234. The van der Waals surface area contributed by atoms with Crippen LogP contribution in [0.5, 0.6) is 0 Å². The lowest BCUT2D eigenvalue weighted by atomic mass is 10.1. The summed E-state index contributed by atoms with van der Waals surface area (Å²) in [6.45, 7) is 7.57. The second-order valence-electron chi connectivity index (χ2n) is 5.92. The molecule has 1 aliphatic heterocycles. The van der Waals surface area contributed by atoms with Crippen LogP contribution in [0.15, 0.2) is 18.2 Å². The van der Waals surface area contributed by atoms with Crippen LogP contribution < -0.4 is 0 Å². The van der Waals surface area contributed by atoms with Gasteiger partial charge in [0.05, 0.1) is 5.52 Å². The summed E-state index contributed by atoms with van der Waals surface area (Å²) in [4.78, 5) is 5.48. The molecule has 2 aromatic rings. The summed E-state index contributed by atoms with van der Waals surface area (Å²) < 4.78 is 16.4. The minimum Gasteiger partial charge on any atom is -0.328 e. The molecule has 1 aromatic heterocycles. The quantitative estimate of drug-likeness (QED) is 0.875. The summed E-state index contributed by atoms with van der Waals surface area (Å²) in [5, 5.41) is 0. The number of halogens is 1. The molecular weight excluding hydrogens is 273 g/mol. The lowest BCUT2D eigenvalue weighted by Crippen LogP contribution is -2.28. The molecule has 0 saturated carbocycles. The van der Waals surface area contributed by atoms with Crippen LogP contribution in [-0.2, 0) is 6.54 Å². The van der Waals surface area contributed by atoms with Gasteiger partial charge in [-0.2, -0.15) is 0 Å². The first-order valence-electron chi connectivity index (χ1n) is 7.17. The first-order valence-corrected chi connectivity index (χ1v) is 7.58. The van der Waals surface area contributed by atoms with E-state index in [1.54, 1.807) is 6.07 Å². The number of fused-ring (bicyclic) bond motifs is 1. The Balaban J connectivity index is 1.87. The zero-order chi connectivity index (χ0) is 14.3. The number of H-pyrrole nitrogens is 1. The molecule has 1 N–H and O–H groups in total. The summed E-state index contributed by atoms with van der Waals surface area (Å²) in [6.07, 6.45) is 1.18. The number of aromatic nitrogens is 2. The van der Waals surface area contributed by atoms with Crippen molar-refractivity contribution in [2.45, 2.75) is 32.9 Å². The number of hydrogen-bond donors (Lipinski definition) is 1. The van der Waals surface area contributed by atoms with E-state index in [9.17, 15) is 4.39 Å². The van der Waals surface area contributed by atoms with E-state index in [0.29, 0.717) is 22.2 Å². The number of nitrogens with one attached hydrogen (secondary N) is 1. The summed E-state index contributed by atoms with van der Waals surface area (Å²) >= 11 is 5.36. The Bertz CT molecular complexity index is 673. The molecule has 3 nitrogen and oxygen atoms in total. The molecular formula is C15H20FN3S. The van der Waals surface area contributed by atoms with Gasteiger partial charge < -0.3 is 14.5 Å². The summed E-state index contributed by atoms with van der Waals surface area (Å²) in [6, 6.07) is 5.73. The molecule has 108 valence electrons. The maximum Gasteiger partial charge on any atom is 0.178 e. The number of rotatable bonds is 3. The molecule has 1 aromatic carbocycles. The van der Waals surface area contributed by atoms with Gasteiger partial charge in [-0.25, -0.2) is 4.39 Å². The fourth-order valence-electron chi connectivity index (χ4n) is 3.07. The van der Waals surface area contributed by atoms with Crippen LogP contribution in [0.3, 0.4) is 0 Å². The number of benzene rings is 1. The molecule has 1 fully saturated rings. The predicted molar refractivity (Wildman–Crippen MR) is 81.9 cm³/mol. The van der Waals surface area contributed by atoms with Crippen molar-refractivity contribution >= 4 is 23.3 Å². The van der Waals surface area contributed by atoms with E-state index >= 15 is 0 Å². The van der Waals surface area contributed by atoms with E-state index < -0.39 is 0 Å². The highest BCUT2D eigenvalue weighted by Crippen LogP contribution is 2.23.